The van der Waals surface area contributed by atoms with Crippen molar-refractivity contribution in [1.82, 2.24) is 4.98 Å². The number of rotatable bonds is 2. The first-order valence-corrected chi connectivity index (χ1v) is 4.97. The van der Waals surface area contributed by atoms with E-state index in [0.717, 1.165) is 16.1 Å². The van der Waals surface area contributed by atoms with Crippen LogP contribution in [0.3, 0.4) is 0 Å². The molecule has 15 heavy (non-hydrogen) atoms. The van der Waals surface area contributed by atoms with Gasteiger partial charge in [-0.05, 0) is 11.6 Å². The molecule has 0 saturated carbocycles. The average Bonchev–Trinajstić information content (AvgIpc) is 2.71. The van der Waals surface area contributed by atoms with Crippen LogP contribution >= 0.6 is 36.2 Å². The van der Waals surface area contributed by atoms with Gasteiger partial charge < -0.3 is 5.73 Å². The van der Waals surface area contributed by atoms with Crippen molar-refractivity contribution in [2.75, 3.05) is 0 Å². The minimum absolute atomic E-state index is 0. The van der Waals surface area contributed by atoms with Crippen LogP contribution in [0.4, 0.5) is 0 Å². The summed E-state index contributed by atoms with van der Waals surface area (Å²) in [7, 11) is 0. The Kier molecular flexibility index (Phi) is 6.52. The second kappa shape index (κ2) is 6.80. The molecule has 0 fully saturated rings. The quantitative estimate of drug-likeness (QED) is 0.904. The lowest BCUT2D eigenvalue weighted by molar-refractivity contribution is 1.07. The molecular weight excluding hydrogens is 251 g/mol. The summed E-state index contributed by atoms with van der Waals surface area (Å²) in [6.45, 7) is 0.583. The molecule has 2 N–H and O–H groups in total. The van der Waals surface area contributed by atoms with Crippen molar-refractivity contribution >= 4 is 36.2 Å². The standard InChI is InChI=1S/C10H10N2S.2ClH/c11-7-8-2-1-3-9(6-8)10-12-4-5-13-10;;/h1-6H,7,11H2;2*1H. The molecule has 0 bridgehead atoms. The number of nitrogens with zero attached hydrogens (tertiary/aromatic N) is 1. The van der Waals surface area contributed by atoms with Gasteiger partial charge in [0.1, 0.15) is 5.01 Å². The number of thiazole rings is 1. The van der Waals surface area contributed by atoms with Crippen molar-refractivity contribution in [1.29, 1.82) is 0 Å². The van der Waals surface area contributed by atoms with Crippen LogP contribution in [0, 0.1) is 0 Å². The fraction of sp³-hybridized carbons (Fsp3) is 0.100. The number of aromatic nitrogens is 1. The van der Waals surface area contributed by atoms with E-state index in [1.807, 2.05) is 23.7 Å². The van der Waals surface area contributed by atoms with Crippen molar-refractivity contribution in [3.8, 4) is 10.6 Å². The Labute approximate surface area is 105 Å². The zero-order valence-corrected chi connectivity index (χ0v) is 10.4. The first-order chi connectivity index (χ1) is 6.40. The Bertz CT molecular complexity index is 390. The lowest BCUT2D eigenvalue weighted by atomic mass is 10.1. The lowest BCUT2D eigenvalue weighted by Crippen LogP contribution is -1.95. The van der Waals surface area contributed by atoms with Crippen LogP contribution in [0.25, 0.3) is 10.6 Å². The monoisotopic (exact) mass is 262 g/mol. The van der Waals surface area contributed by atoms with Crippen molar-refractivity contribution in [3.63, 3.8) is 0 Å². The SMILES string of the molecule is Cl.Cl.NCc1cccc(-c2nccs2)c1. The Balaban J connectivity index is 0.000000980. The van der Waals surface area contributed by atoms with E-state index in [-0.39, 0.29) is 24.8 Å². The topological polar surface area (TPSA) is 38.9 Å². The van der Waals surface area contributed by atoms with E-state index in [1.54, 1.807) is 11.3 Å². The van der Waals surface area contributed by atoms with Gasteiger partial charge in [0, 0.05) is 23.7 Å². The summed E-state index contributed by atoms with van der Waals surface area (Å²) in [4.78, 5) is 4.24. The van der Waals surface area contributed by atoms with Crippen LogP contribution in [0.15, 0.2) is 35.8 Å². The molecule has 2 rings (SSSR count). The molecule has 0 unspecified atom stereocenters. The maximum Gasteiger partial charge on any atom is 0.123 e. The molecule has 1 aromatic carbocycles. The van der Waals surface area contributed by atoms with E-state index in [2.05, 4.69) is 17.1 Å². The zero-order chi connectivity index (χ0) is 9.10. The van der Waals surface area contributed by atoms with Gasteiger partial charge >= 0.3 is 0 Å². The maximum absolute atomic E-state index is 5.56. The van der Waals surface area contributed by atoms with Gasteiger partial charge in [0.25, 0.3) is 0 Å². The summed E-state index contributed by atoms with van der Waals surface area (Å²) in [5, 5.41) is 3.03. The molecule has 0 aliphatic carbocycles. The second-order valence-electron chi connectivity index (χ2n) is 2.74. The number of halogens is 2. The fourth-order valence-corrected chi connectivity index (χ4v) is 1.83. The molecule has 0 aliphatic heterocycles. The Hall–Kier alpha value is -0.610. The van der Waals surface area contributed by atoms with Crippen LogP contribution in [-0.2, 0) is 6.54 Å². The van der Waals surface area contributed by atoms with E-state index in [9.17, 15) is 0 Å². The third kappa shape index (κ3) is 3.47. The summed E-state index contributed by atoms with van der Waals surface area (Å²) in [6.07, 6.45) is 1.81. The molecule has 1 heterocycles. The van der Waals surface area contributed by atoms with E-state index in [0.29, 0.717) is 6.54 Å². The smallest absolute Gasteiger partial charge is 0.123 e. The van der Waals surface area contributed by atoms with Crippen molar-refractivity contribution < 1.29 is 0 Å². The van der Waals surface area contributed by atoms with Crippen LogP contribution < -0.4 is 5.73 Å². The highest BCUT2D eigenvalue weighted by atomic mass is 35.5. The Morgan fingerprint density at radius 1 is 1.27 bits per heavy atom. The van der Waals surface area contributed by atoms with Crippen LogP contribution in [0.2, 0.25) is 0 Å². The van der Waals surface area contributed by atoms with E-state index >= 15 is 0 Å². The first-order valence-electron chi connectivity index (χ1n) is 4.09. The second-order valence-corrected chi connectivity index (χ2v) is 3.64. The van der Waals surface area contributed by atoms with Gasteiger partial charge in [0.2, 0.25) is 0 Å². The van der Waals surface area contributed by atoms with Gasteiger partial charge in [0.15, 0.2) is 0 Å². The highest BCUT2D eigenvalue weighted by Gasteiger charge is 1.99. The normalized spacial score (nSPS) is 8.87. The van der Waals surface area contributed by atoms with E-state index in [4.69, 9.17) is 5.73 Å². The van der Waals surface area contributed by atoms with Crippen LogP contribution in [-0.4, -0.2) is 4.98 Å². The van der Waals surface area contributed by atoms with Crippen molar-refractivity contribution in [2.45, 2.75) is 6.54 Å². The number of hydrogen-bond acceptors (Lipinski definition) is 3. The molecule has 0 saturated heterocycles. The van der Waals surface area contributed by atoms with Gasteiger partial charge in [-0.2, -0.15) is 0 Å². The van der Waals surface area contributed by atoms with Gasteiger partial charge in [0.05, 0.1) is 0 Å². The van der Waals surface area contributed by atoms with E-state index in [1.165, 1.54) is 0 Å². The van der Waals surface area contributed by atoms with E-state index < -0.39 is 0 Å². The van der Waals surface area contributed by atoms with Crippen LogP contribution in [0.1, 0.15) is 5.56 Å². The number of benzene rings is 1. The highest BCUT2D eigenvalue weighted by molar-refractivity contribution is 7.13. The van der Waals surface area contributed by atoms with Gasteiger partial charge in [-0.1, -0.05) is 18.2 Å². The molecule has 0 radical (unpaired) electrons. The predicted molar refractivity (Wildman–Crippen MR) is 69.9 cm³/mol. The zero-order valence-electron chi connectivity index (χ0n) is 7.92. The molecule has 2 aromatic rings. The summed E-state index contributed by atoms with van der Waals surface area (Å²) in [5.74, 6) is 0. The van der Waals surface area contributed by atoms with Crippen LogP contribution in [0.5, 0.6) is 0 Å². The molecule has 1 aromatic heterocycles. The molecular formula is C10H12Cl2N2S. The molecule has 0 amide bonds. The molecule has 2 nitrogen and oxygen atoms in total. The highest BCUT2D eigenvalue weighted by Crippen LogP contribution is 2.22. The molecule has 0 aliphatic rings. The molecule has 0 spiro atoms. The van der Waals surface area contributed by atoms with Crippen molar-refractivity contribution in [3.05, 3.63) is 41.4 Å². The summed E-state index contributed by atoms with van der Waals surface area (Å²) in [6, 6.07) is 8.17. The third-order valence-electron chi connectivity index (χ3n) is 1.84. The first kappa shape index (κ1) is 14.4. The summed E-state index contributed by atoms with van der Waals surface area (Å²) >= 11 is 1.64. The molecule has 82 valence electrons. The maximum atomic E-state index is 5.56. The summed E-state index contributed by atoms with van der Waals surface area (Å²) in [5.41, 5.74) is 7.85. The largest absolute Gasteiger partial charge is 0.326 e. The number of nitrogens with two attached hydrogens (primary N) is 1. The summed E-state index contributed by atoms with van der Waals surface area (Å²) < 4.78 is 0. The predicted octanol–water partition coefficient (Wildman–Crippen LogP) is 3.11. The Morgan fingerprint density at radius 3 is 2.67 bits per heavy atom. The average molecular weight is 263 g/mol. The van der Waals surface area contributed by atoms with Crippen molar-refractivity contribution in [2.24, 2.45) is 5.73 Å². The Morgan fingerprint density at radius 2 is 2.07 bits per heavy atom. The lowest BCUT2D eigenvalue weighted by Gasteiger charge is -1.99. The minimum Gasteiger partial charge on any atom is -0.326 e. The van der Waals surface area contributed by atoms with Gasteiger partial charge in [-0.3, -0.25) is 0 Å². The molecule has 5 heteroatoms. The molecule has 0 atom stereocenters. The van der Waals surface area contributed by atoms with Gasteiger partial charge in [-0.15, -0.1) is 36.2 Å². The fourth-order valence-electron chi connectivity index (χ4n) is 1.20. The minimum atomic E-state index is 0. The third-order valence-corrected chi connectivity index (χ3v) is 2.66. The van der Waals surface area contributed by atoms with Gasteiger partial charge in [-0.25, -0.2) is 4.98 Å². The number of hydrogen-bond donors (Lipinski definition) is 1.